The van der Waals surface area contributed by atoms with E-state index in [-0.39, 0.29) is 19.1 Å². The van der Waals surface area contributed by atoms with E-state index in [1.54, 1.807) is 0 Å². The minimum Gasteiger partial charge on any atom is -0.391 e. The van der Waals surface area contributed by atoms with Gasteiger partial charge < -0.3 is 19.8 Å². The molecule has 0 spiro atoms. The Hall–Kier alpha value is -1.02. The highest BCUT2D eigenvalue weighted by Gasteiger charge is 2.28. The van der Waals surface area contributed by atoms with Crippen LogP contribution in [-0.4, -0.2) is 73.4 Å². The number of unbranched alkanes of at least 4 members (excludes halogenated alkanes) is 25. The normalized spacial score (nSPS) is 14.5. The highest BCUT2D eigenvalue weighted by atomic mass is 31.2. The summed E-state index contributed by atoms with van der Waals surface area (Å²) in [6.07, 6.45) is 44.9. The first-order valence-corrected chi connectivity index (χ1v) is 24.7. The van der Waals surface area contributed by atoms with Crippen molar-refractivity contribution in [3.05, 3.63) is 24.3 Å². The third-order valence-electron chi connectivity index (χ3n) is 10.5. The Morgan fingerprint density at radius 1 is 0.636 bits per heavy atom. The van der Waals surface area contributed by atoms with Crippen LogP contribution in [-0.2, 0) is 18.4 Å². The summed E-state index contributed by atoms with van der Waals surface area (Å²) >= 11 is 0. The summed E-state index contributed by atoms with van der Waals surface area (Å²) in [5, 5.41) is 13.9. The number of phosphoric acid groups is 1. The number of quaternary nitrogens is 1. The van der Waals surface area contributed by atoms with Gasteiger partial charge in [0.2, 0.25) is 5.91 Å². The fourth-order valence-corrected chi connectivity index (χ4v) is 7.53. The summed E-state index contributed by atoms with van der Waals surface area (Å²) in [5.41, 5.74) is 0. The molecule has 0 bridgehead atoms. The highest BCUT2D eigenvalue weighted by Crippen LogP contribution is 2.43. The van der Waals surface area contributed by atoms with E-state index < -0.39 is 20.0 Å². The number of carbonyl (C=O) groups excluding carboxylic acids is 1. The lowest BCUT2D eigenvalue weighted by atomic mass is 10.0. The second kappa shape index (κ2) is 38.5. The summed E-state index contributed by atoms with van der Waals surface area (Å²) in [5.74, 6) is -0.145. The van der Waals surface area contributed by atoms with Crippen LogP contribution in [0.5, 0.6) is 0 Å². The largest absolute Gasteiger partial charge is 0.472 e. The molecule has 0 rings (SSSR count). The zero-order valence-electron chi connectivity index (χ0n) is 36.9. The van der Waals surface area contributed by atoms with E-state index in [0.29, 0.717) is 23.9 Å². The molecule has 3 atom stereocenters. The summed E-state index contributed by atoms with van der Waals surface area (Å²) in [6, 6.07) is -0.756. The van der Waals surface area contributed by atoms with E-state index in [1.807, 2.05) is 21.1 Å². The summed E-state index contributed by atoms with van der Waals surface area (Å²) in [6.45, 7) is 4.79. The van der Waals surface area contributed by atoms with Crippen LogP contribution in [0.1, 0.15) is 213 Å². The molecular formula is C46H92N2O6P+. The van der Waals surface area contributed by atoms with Crippen LogP contribution < -0.4 is 5.32 Å². The van der Waals surface area contributed by atoms with Crippen molar-refractivity contribution in [3.8, 4) is 0 Å². The zero-order chi connectivity index (χ0) is 40.7. The van der Waals surface area contributed by atoms with Crippen molar-refractivity contribution in [2.45, 2.75) is 225 Å². The topological polar surface area (TPSA) is 105 Å². The Kier molecular flexibility index (Phi) is 37.8. The van der Waals surface area contributed by atoms with Crippen LogP contribution in [0.2, 0.25) is 0 Å². The van der Waals surface area contributed by atoms with Crippen LogP contribution in [0, 0.1) is 0 Å². The second-order valence-electron chi connectivity index (χ2n) is 17.1. The smallest absolute Gasteiger partial charge is 0.391 e. The van der Waals surface area contributed by atoms with Gasteiger partial charge >= 0.3 is 7.82 Å². The quantitative estimate of drug-likeness (QED) is 0.0246. The van der Waals surface area contributed by atoms with E-state index >= 15 is 0 Å². The molecule has 0 radical (unpaired) electrons. The first-order chi connectivity index (χ1) is 26.5. The number of allylic oxidation sites excluding steroid dienone is 4. The third-order valence-corrected chi connectivity index (χ3v) is 11.4. The van der Waals surface area contributed by atoms with Crippen molar-refractivity contribution in [2.75, 3.05) is 40.9 Å². The predicted molar refractivity (Wildman–Crippen MR) is 235 cm³/mol. The number of hydrogen-bond acceptors (Lipinski definition) is 5. The Morgan fingerprint density at radius 2 is 1.09 bits per heavy atom. The van der Waals surface area contributed by atoms with Gasteiger partial charge in [0, 0.05) is 6.42 Å². The Morgan fingerprint density at radius 3 is 1.58 bits per heavy atom. The van der Waals surface area contributed by atoms with Crippen LogP contribution in [0.25, 0.3) is 0 Å². The molecule has 326 valence electrons. The molecule has 0 fully saturated rings. The first kappa shape index (κ1) is 54.0. The van der Waals surface area contributed by atoms with Crippen molar-refractivity contribution in [1.82, 2.24) is 5.32 Å². The number of carbonyl (C=O) groups is 1. The molecule has 0 saturated carbocycles. The van der Waals surface area contributed by atoms with Crippen molar-refractivity contribution in [3.63, 3.8) is 0 Å². The molecule has 0 saturated heterocycles. The SMILES string of the molecule is CC/C=C\C/C=C\CCCCCCCCCCCCCCCCC(=O)NC(COP(=O)(O)OCC[N+](C)(C)C)C(O)CCCCCCCCCCCCCC. The van der Waals surface area contributed by atoms with Crippen LogP contribution in [0.3, 0.4) is 0 Å². The standard InChI is InChI=1S/C46H91N2O6P/c1-6-8-10-12-14-16-18-20-21-22-23-24-25-26-27-28-30-32-34-36-38-40-46(50)47-44(43-54-55(51,52)53-42-41-48(3,4)5)45(49)39-37-35-33-31-29-19-17-15-13-11-9-7-2/h8,10,14,16,44-45,49H,6-7,9,11-13,15,17-43H2,1-5H3,(H-,47,50,51,52)/p+1/b10-8-,16-14-. The number of nitrogens with one attached hydrogen (secondary N) is 1. The minimum absolute atomic E-state index is 0.0758. The highest BCUT2D eigenvalue weighted by molar-refractivity contribution is 7.47. The molecule has 0 heterocycles. The number of rotatable bonds is 42. The molecule has 3 unspecified atom stereocenters. The summed E-state index contributed by atoms with van der Waals surface area (Å²) in [7, 11) is 1.62. The zero-order valence-corrected chi connectivity index (χ0v) is 37.8. The van der Waals surface area contributed by atoms with Gasteiger partial charge in [-0.3, -0.25) is 13.8 Å². The molecular weight excluding hydrogens is 707 g/mol. The van der Waals surface area contributed by atoms with Gasteiger partial charge in [-0.05, 0) is 38.5 Å². The first-order valence-electron chi connectivity index (χ1n) is 23.2. The number of amides is 1. The van der Waals surface area contributed by atoms with Crippen LogP contribution >= 0.6 is 7.82 Å². The number of likely N-dealkylation sites (N-methyl/N-ethyl adjacent to an activating group) is 1. The molecule has 0 aromatic rings. The molecule has 0 aliphatic heterocycles. The fourth-order valence-electron chi connectivity index (χ4n) is 6.79. The van der Waals surface area contributed by atoms with Crippen molar-refractivity contribution >= 4 is 13.7 Å². The van der Waals surface area contributed by atoms with Gasteiger partial charge in [-0.2, -0.15) is 0 Å². The lowest BCUT2D eigenvalue weighted by Gasteiger charge is -2.26. The lowest BCUT2D eigenvalue weighted by Crippen LogP contribution is -2.46. The van der Waals surface area contributed by atoms with Crippen LogP contribution in [0.15, 0.2) is 24.3 Å². The number of phosphoric ester groups is 1. The van der Waals surface area contributed by atoms with Crippen molar-refractivity contribution in [2.24, 2.45) is 0 Å². The average Bonchev–Trinajstić information content (AvgIpc) is 3.13. The van der Waals surface area contributed by atoms with Crippen molar-refractivity contribution < 1.29 is 32.9 Å². The molecule has 0 aliphatic carbocycles. The van der Waals surface area contributed by atoms with Crippen LogP contribution in [0.4, 0.5) is 0 Å². The molecule has 1 amide bonds. The predicted octanol–water partition coefficient (Wildman–Crippen LogP) is 12.9. The number of nitrogens with zero attached hydrogens (tertiary/aromatic N) is 1. The van der Waals surface area contributed by atoms with Gasteiger partial charge in [0.15, 0.2) is 0 Å². The van der Waals surface area contributed by atoms with E-state index in [2.05, 4.69) is 43.5 Å². The average molecular weight is 800 g/mol. The van der Waals surface area contributed by atoms with E-state index in [1.165, 1.54) is 135 Å². The Bertz CT molecular complexity index is 953. The Labute approximate surface area is 341 Å². The lowest BCUT2D eigenvalue weighted by molar-refractivity contribution is -0.870. The maximum Gasteiger partial charge on any atom is 0.472 e. The number of aliphatic hydroxyl groups excluding tert-OH is 1. The van der Waals surface area contributed by atoms with Gasteiger partial charge in [0.25, 0.3) is 0 Å². The molecule has 0 aromatic heterocycles. The van der Waals surface area contributed by atoms with E-state index in [9.17, 15) is 19.4 Å². The van der Waals surface area contributed by atoms with Gasteiger partial charge in [0.05, 0.1) is 39.9 Å². The second-order valence-corrected chi connectivity index (χ2v) is 18.6. The third kappa shape index (κ3) is 41.0. The molecule has 0 aromatic carbocycles. The van der Waals surface area contributed by atoms with Gasteiger partial charge in [-0.25, -0.2) is 4.57 Å². The van der Waals surface area contributed by atoms with Crippen molar-refractivity contribution in [1.29, 1.82) is 0 Å². The Balaban J connectivity index is 4.23. The fraction of sp³-hybridized carbons (Fsp3) is 0.891. The van der Waals surface area contributed by atoms with Gasteiger partial charge in [-0.1, -0.05) is 192 Å². The minimum atomic E-state index is -4.31. The summed E-state index contributed by atoms with van der Waals surface area (Å²) < 4.78 is 23.6. The van der Waals surface area contributed by atoms with E-state index in [0.717, 1.165) is 51.4 Å². The monoisotopic (exact) mass is 800 g/mol. The van der Waals surface area contributed by atoms with Gasteiger partial charge in [-0.15, -0.1) is 0 Å². The molecule has 8 nitrogen and oxygen atoms in total. The molecule has 3 N–H and O–H groups in total. The number of aliphatic hydroxyl groups is 1. The molecule has 0 aliphatic rings. The maximum atomic E-state index is 12.9. The van der Waals surface area contributed by atoms with Gasteiger partial charge in [0.1, 0.15) is 13.2 Å². The van der Waals surface area contributed by atoms with E-state index in [4.69, 9.17) is 9.05 Å². The molecule has 55 heavy (non-hydrogen) atoms. The number of hydrogen-bond donors (Lipinski definition) is 3. The molecule has 9 heteroatoms. The maximum absolute atomic E-state index is 12.9. The summed E-state index contributed by atoms with van der Waals surface area (Å²) in [4.78, 5) is 23.2.